The largest absolute Gasteiger partial charge is 0.368 e. The van der Waals surface area contributed by atoms with Crippen molar-refractivity contribution < 1.29 is 0 Å². The van der Waals surface area contributed by atoms with Crippen molar-refractivity contribution in [3.8, 4) is 0 Å². The molecule has 0 saturated heterocycles. The summed E-state index contributed by atoms with van der Waals surface area (Å²) in [6.07, 6.45) is 0. The molecule has 1 heterocycles. The van der Waals surface area contributed by atoms with Crippen LogP contribution in [0, 0.1) is 0 Å². The lowest BCUT2D eigenvalue weighted by Gasteiger charge is -1.98. The molecule has 0 atom stereocenters. The minimum Gasteiger partial charge on any atom is -0.368 e. The molecule has 1 aromatic heterocycles. The smallest absolute Gasteiger partial charge is 0.227 e. The molecule has 1 rings (SSSR count). The Balaban J connectivity index is 3.14. The number of hydrogen-bond acceptors (Lipinski definition) is 6. The maximum absolute atomic E-state index is 8.07. The fourth-order valence-corrected chi connectivity index (χ4v) is 0.577. The first-order valence-corrected chi connectivity index (χ1v) is 3.00. The summed E-state index contributed by atoms with van der Waals surface area (Å²) < 4.78 is 0. The third-order valence-electron chi connectivity index (χ3n) is 0.999. The Kier molecular flexibility index (Phi) is 2.24. The molecule has 3 N–H and O–H groups in total. The van der Waals surface area contributed by atoms with Gasteiger partial charge in [-0.05, 0) is 10.6 Å². The summed E-state index contributed by atoms with van der Waals surface area (Å²) in [5.74, 6) is 0.232. The van der Waals surface area contributed by atoms with E-state index < -0.39 is 0 Å². The number of nitrogens with one attached hydrogen (secondary N) is 1. The third kappa shape index (κ3) is 1.70. The van der Waals surface area contributed by atoms with E-state index in [-0.39, 0.29) is 17.8 Å². The molecular formula is C4H6N8. The molecule has 0 spiro atoms. The number of aromatic nitrogens is 3. The molecule has 12 heavy (non-hydrogen) atoms. The highest BCUT2D eigenvalue weighted by Gasteiger charge is 1.99. The highest BCUT2D eigenvalue weighted by atomic mass is 15.3. The van der Waals surface area contributed by atoms with Crippen molar-refractivity contribution in [1.29, 1.82) is 0 Å². The monoisotopic (exact) mass is 166 g/mol. The second kappa shape index (κ2) is 3.35. The minimum absolute atomic E-state index is 0.0109. The Bertz CT molecular complexity index is 326. The Morgan fingerprint density at radius 3 is 2.83 bits per heavy atom. The average Bonchev–Trinajstić information content (AvgIpc) is 2.04. The standard InChI is InChI=1S/C4H6N8/c1-7-3-8-2(5)9-4(10-3)11-12-6/h1H3,(H3,5,7,8,9,10). The van der Waals surface area contributed by atoms with Crippen molar-refractivity contribution in [3.05, 3.63) is 10.4 Å². The van der Waals surface area contributed by atoms with Crippen molar-refractivity contribution in [3.63, 3.8) is 0 Å². The molecule has 1 aromatic rings. The van der Waals surface area contributed by atoms with Crippen molar-refractivity contribution in [2.45, 2.75) is 0 Å². The predicted molar refractivity (Wildman–Crippen MR) is 42.6 cm³/mol. The summed E-state index contributed by atoms with van der Waals surface area (Å²) in [5.41, 5.74) is 13.4. The van der Waals surface area contributed by atoms with Crippen LogP contribution >= 0.6 is 0 Å². The second-order valence-electron chi connectivity index (χ2n) is 1.76. The summed E-state index contributed by atoms with van der Waals surface area (Å²) in [6.45, 7) is 0. The maximum Gasteiger partial charge on any atom is 0.227 e. The van der Waals surface area contributed by atoms with Crippen LogP contribution < -0.4 is 11.1 Å². The molecule has 0 aromatic carbocycles. The van der Waals surface area contributed by atoms with Crippen LogP contribution in [0.4, 0.5) is 17.8 Å². The van der Waals surface area contributed by atoms with E-state index in [4.69, 9.17) is 11.3 Å². The Labute approximate surface area is 67.5 Å². The van der Waals surface area contributed by atoms with Gasteiger partial charge < -0.3 is 11.1 Å². The van der Waals surface area contributed by atoms with Gasteiger partial charge in [0.25, 0.3) is 0 Å². The predicted octanol–water partition coefficient (Wildman–Crippen LogP) is 0.437. The fraction of sp³-hybridized carbons (Fsp3) is 0.250. The number of anilines is 2. The Morgan fingerprint density at radius 2 is 2.25 bits per heavy atom. The van der Waals surface area contributed by atoms with E-state index in [1.54, 1.807) is 7.05 Å². The Morgan fingerprint density at radius 1 is 1.50 bits per heavy atom. The third-order valence-corrected chi connectivity index (χ3v) is 0.999. The first-order valence-electron chi connectivity index (χ1n) is 3.00. The lowest BCUT2D eigenvalue weighted by Crippen LogP contribution is -2.02. The summed E-state index contributed by atoms with van der Waals surface area (Å²) in [7, 11) is 1.62. The van der Waals surface area contributed by atoms with Gasteiger partial charge in [0, 0.05) is 12.0 Å². The normalized spacial score (nSPS) is 8.75. The lowest BCUT2D eigenvalue weighted by molar-refractivity contribution is 1.04. The van der Waals surface area contributed by atoms with Gasteiger partial charge in [-0.3, -0.25) is 0 Å². The number of hydrogen-bond donors (Lipinski definition) is 2. The zero-order chi connectivity index (χ0) is 8.97. The molecule has 62 valence electrons. The van der Waals surface area contributed by atoms with Crippen LogP contribution in [0.1, 0.15) is 0 Å². The van der Waals surface area contributed by atoms with Gasteiger partial charge in [0.1, 0.15) is 0 Å². The summed E-state index contributed by atoms with van der Waals surface area (Å²) in [4.78, 5) is 13.5. The highest BCUT2D eigenvalue weighted by molar-refractivity contribution is 5.35. The molecular weight excluding hydrogens is 160 g/mol. The number of nitrogen functional groups attached to an aromatic ring is 1. The minimum atomic E-state index is -0.0469. The van der Waals surface area contributed by atoms with E-state index in [0.717, 1.165) is 0 Å². The summed E-state index contributed by atoms with van der Waals surface area (Å²) in [5, 5.41) is 5.82. The van der Waals surface area contributed by atoms with Crippen molar-refractivity contribution >= 4 is 17.8 Å². The van der Waals surface area contributed by atoms with Crippen LogP contribution in [-0.4, -0.2) is 22.0 Å². The van der Waals surface area contributed by atoms with Crippen molar-refractivity contribution in [2.24, 2.45) is 5.11 Å². The van der Waals surface area contributed by atoms with E-state index in [1.807, 2.05) is 0 Å². The van der Waals surface area contributed by atoms with E-state index in [2.05, 4.69) is 30.3 Å². The van der Waals surface area contributed by atoms with Crippen LogP contribution in [0.3, 0.4) is 0 Å². The van der Waals surface area contributed by atoms with E-state index in [0.29, 0.717) is 0 Å². The van der Waals surface area contributed by atoms with E-state index in [1.165, 1.54) is 0 Å². The zero-order valence-corrected chi connectivity index (χ0v) is 6.26. The van der Waals surface area contributed by atoms with E-state index >= 15 is 0 Å². The number of azide groups is 1. The molecule has 0 aliphatic carbocycles. The molecule has 0 aliphatic rings. The molecule has 0 radical (unpaired) electrons. The van der Waals surface area contributed by atoms with Crippen LogP contribution in [0.5, 0.6) is 0 Å². The maximum atomic E-state index is 8.07. The first-order chi connectivity index (χ1) is 5.76. The van der Waals surface area contributed by atoms with Gasteiger partial charge in [0.2, 0.25) is 17.8 Å². The van der Waals surface area contributed by atoms with Gasteiger partial charge in [0.15, 0.2) is 0 Å². The van der Waals surface area contributed by atoms with Crippen LogP contribution in [0.25, 0.3) is 10.4 Å². The molecule has 0 fully saturated rings. The molecule has 0 bridgehead atoms. The first kappa shape index (κ1) is 8.02. The summed E-state index contributed by atoms with van der Waals surface area (Å²) in [6, 6.07) is 0. The van der Waals surface area contributed by atoms with Gasteiger partial charge in [-0.15, -0.1) is 0 Å². The molecule has 8 nitrogen and oxygen atoms in total. The zero-order valence-electron chi connectivity index (χ0n) is 6.26. The van der Waals surface area contributed by atoms with Gasteiger partial charge in [-0.25, -0.2) is 0 Å². The molecule has 8 heteroatoms. The van der Waals surface area contributed by atoms with Crippen LogP contribution in [0.15, 0.2) is 5.11 Å². The van der Waals surface area contributed by atoms with Gasteiger partial charge >= 0.3 is 0 Å². The highest BCUT2D eigenvalue weighted by Crippen LogP contribution is 2.08. The van der Waals surface area contributed by atoms with Gasteiger partial charge in [0.05, 0.1) is 0 Å². The number of nitrogens with two attached hydrogens (primary N) is 1. The number of nitrogens with zero attached hydrogens (tertiary/aromatic N) is 6. The molecule has 0 unspecified atom stereocenters. The quantitative estimate of drug-likeness (QED) is 0.374. The lowest BCUT2D eigenvalue weighted by atomic mass is 10.8. The summed E-state index contributed by atoms with van der Waals surface area (Å²) >= 11 is 0. The van der Waals surface area contributed by atoms with Crippen molar-refractivity contribution in [2.75, 3.05) is 18.1 Å². The van der Waals surface area contributed by atoms with Crippen LogP contribution in [-0.2, 0) is 0 Å². The van der Waals surface area contributed by atoms with Crippen LogP contribution in [0.2, 0.25) is 0 Å². The molecule has 0 saturated carbocycles. The molecule has 0 amide bonds. The molecule has 0 aliphatic heterocycles. The fourth-order valence-electron chi connectivity index (χ4n) is 0.577. The topological polar surface area (TPSA) is 125 Å². The Hall–Kier alpha value is -2.08. The van der Waals surface area contributed by atoms with Gasteiger partial charge in [-0.1, -0.05) is 0 Å². The average molecular weight is 166 g/mol. The SMILES string of the molecule is CNc1nc(N)nc(N=[N+]=[N-])n1. The van der Waals surface area contributed by atoms with Gasteiger partial charge in [-0.2, -0.15) is 15.0 Å². The van der Waals surface area contributed by atoms with E-state index in [9.17, 15) is 0 Å². The number of rotatable bonds is 2. The van der Waals surface area contributed by atoms with Crippen molar-refractivity contribution in [1.82, 2.24) is 15.0 Å². The second-order valence-corrected chi connectivity index (χ2v) is 1.76.